The molecule has 1 aromatic carbocycles. The second-order valence-electron chi connectivity index (χ2n) is 6.90. The summed E-state index contributed by atoms with van der Waals surface area (Å²) < 4.78 is 15.1. The van der Waals surface area contributed by atoms with Crippen molar-refractivity contribution in [2.24, 2.45) is 0 Å². The topological polar surface area (TPSA) is 40.9 Å². The maximum Gasteiger partial charge on any atom is 0.255 e. The lowest BCUT2D eigenvalue weighted by Crippen LogP contribution is -2.48. The van der Waals surface area contributed by atoms with Crippen LogP contribution in [-0.4, -0.2) is 46.4 Å². The summed E-state index contributed by atoms with van der Waals surface area (Å²) >= 11 is 0. The molecule has 2 aromatic heterocycles. The lowest BCUT2D eigenvalue weighted by atomic mass is 10.2. The molecule has 0 N–H and O–H groups in total. The van der Waals surface area contributed by atoms with Gasteiger partial charge in [0.25, 0.3) is 5.91 Å². The van der Waals surface area contributed by atoms with Gasteiger partial charge in [-0.15, -0.1) is 0 Å². The minimum absolute atomic E-state index is 0.0433. The van der Waals surface area contributed by atoms with E-state index in [1.165, 1.54) is 12.1 Å². The SMILES string of the molecule is CCc1nc2ccc(C(=O)N3CCN(c4ccc(F)cc4)CC3)cn2c1C. The molecule has 0 aliphatic carbocycles. The Morgan fingerprint density at radius 3 is 2.44 bits per heavy atom. The van der Waals surface area contributed by atoms with E-state index in [-0.39, 0.29) is 11.7 Å². The van der Waals surface area contributed by atoms with Gasteiger partial charge < -0.3 is 14.2 Å². The summed E-state index contributed by atoms with van der Waals surface area (Å²) in [6.45, 7) is 6.90. The molecule has 0 unspecified atom stereocenters. The summed E-state index contributed by atoms with van der Waals surface area (Å²) in [5.41, 5.74) is 4.70. The van der Waals surface area contributed by atoms with Crippen molar-refractivity contribution >= 4 is 17.2 Å². The first-order valence-corrected chi connectivity index (χ1v) is 9.34. The Morgan fingerprint density at radius 1 is 1.07 bits per heavy atom. The van der Waals surface area contributed by atoms with Gasteiger partial charge in [-0.25, -0.2) is 9.37 Å². The van der Waals surface area contributed by atoms with Crippen LogP contribution in [0, 0.1) is 12.7 Å². The Labute approximate surface area is 158 Å². The van der Waals surface area contributed by atoms with E-state index in [9.17, 15) is 9.18 Å². The van der Waals surface area contributed by atoms with Crippen LogP contribution in [0.15, 0.2) is 42.6 Å². The summed E-state index contributed by atoms with van der Waals surface area (Å²) in [4.78, 5) is 21.6. The van der Waals surface area contributed by atoms with Crippen molar-refractivity contribution in [3.8, 4) is 0 Å². The number of amides is 1. The summed E-state index contributed by atoms with van der Waals surface area (Å²) in [5, 5.41) is 0. The monoisotopic (exact) mass is 366 g/mol. The van der Waals surface area contributed by atoms with Gasteiger partial charge in [0.15, 0.2) is 0 Å². The molecule has 1 aliphatic rings. The second-order valence-corrected chi connectivity index (χ2v) is 6.90. The number of anilines is 1. The van der Waals surface area contributed by atoms with Gasteiger partial charge >= 0.3 is 0 Å². The normalized spacial score (nSPS) is 14.8. The highest BCUT2D eigenvalue weighted by Crippen LogP contribution is 2.19. The lowest BCUT2D eigenvalue weighted by Gasteiger charge is -2.36. The van der Waals surface area contributed by atoms with Crippen molar-refractivity contribution in [3.63, 3.8) is 0 Å². The molecule has 0 atom stereocenters. The molecule has 1 saturated heterocycles. The Morgan fingerprint density at radius 2 is 1.78 bits per heavy atom. The highest BCUT2D eigenvalue weighted by Gasteiger charge is 2.23. The van der Waals surface area contributed by atoms with Crippen molar-refractivity contribution < 1.29 is 9.18 Å². The summed E-state index contributed by atoms with van der Waals surface area (Å²) in [5.74, 6) is -0.189. The summed E-state index contributed by atoms with van der Waals surface area (Å²) in [7, 11) is 0. The fourth-order valence-electron chi connectivity index (χ4n) is 3.67. The van der Waals surface area contributed by atoms with Crippen LogP contribution in [0.1, 0.15) is 28.7 Å². The van der Waals surface area contributed by atoms with Gasteiger partial charge in [0.05, 0.1) is 11.3 Å². The van der Waals surface area contributed by atoms with Crippen LogP contribution in [0.2, 0.25) is 0 Å². The van der Waals surface area contributed by atoms with Crippen molar-refractivity contribution in [2.45, 2.75) is 20.3 Å². The lowest BCUT2D eigenvalue weighted by molar-refractivity contribution is 0.0746. The number of imidazole rings is 1. The van der Waals surface area contributed by atoms with Gasteiger partial charge in [0.2, 0.25) is 0 Å². The smallest absolute Gasteiger partial charge is 0.255 e. The van der Waals surface area contributed by atoms with E-state index < -0.39 is 0 Å². The van der Waals surface area contributed by atoms with Crippen LogP contribution in [0.4, 0.5) is 10.1 Å². The molecule has 6 heteroatoms. The number of aromatic nitrogens is 2. The van der Waals surface area contributed by atoms with Gasteiger partial charge in [-0.05, 0) is 49.7 Å². The molecule has 140 valence electrons. The Bertz CT molecular complexity index is 972. The Balaban J connectivity index is 1.48. The van der Waals surface area contributed by atoms with E-state index in [0.29, 0.717) is 18.7 Å². The highest BCUT2D eigenvalue weighted by atomic mass is 19.1. The molecule has 1 aliphatic heterocycles. The third-order valence-electron chi connectivity index (χ3n) is 5.30. The zero-order valence-electron chi connectivity index (χ0n) is 15.7. The second kappa shape index (κ2) is 7.02. The maximum absolute atomic E-state index is 13.1. The largest absolute Gasteiger partial charge is 0.368 e. The van der Waals surface area contributed by atoms with Gasteiger partial charge in [0.1, 0.15) is 11.5 Å². The number of benzene rings is 1. The van der Waals surface area contributed by atoms with Gasteiger partial charge in [-0.3, -0.25) is 4.79 Å². The molecular formula is C21H23FN4O. The number of nitrogens with zero attached hydrogens (tertiary/aromatic N) is 4. The average Bonchev–Trinajstić information content (AvgIpc) is 3.03. The molecule has 4 rings (SSSR count). The fourth-order valence-corrected chi connectivity index (χ4v) is 3.67. The van der Waals surface area contributed by atoms with Crippen LogP contribution < -0.4 is 4.90 Å². The molecular weight excluding hydrogens is 343 g/mol. The van der Waals surface area contributed by atoms with E-state index >= 15 is 0 Å². The van der Waals surface area contributed by atoms with E-state index in [1.54, 1.807) is 12.1 Å². The van der Waals surface area contributed by atoms with E-state index in [4.69, 9.17) is 0 Å². The van der Waals surface area contributed by atoms with Gasteiger partial charge in [-0.2, -0.15) is 0 Å². The number of carbonyl (C=O) groups is 1. The van der Waals surface area contributed by atoms with E-state index in [1.807, 2.05) is 34.6 Å². The molecule has 1 amide bonds. The first-order valence-electron chi connectivity index (χ1n) is 9.34. The van der Waals surface area contributed by atoms with E-state index in [0.717, 1.165) is 42.2 Å². The van der Waals surface area contributed by atoms with Crippen LogP contribution >= 0.6 is 0 Å². The number of hydrogen-bond acceptors (Lipinski definition) is 3. The summed E-state index contributed by atoms with van der Waals surface area (Å²) in [6.07, 6.45) is 2.77. The van der Waals surface area contributed by atoms with Crippen molar-refractivity contribution in [1.82, 2.24) is 14.3 Å². The maximum atomic E-state index is 13.1. The quantitative estimate of drug-likeness (QED) is 0.714. The predicted molar refractivity (Wildman–Crippen MR) is 104 cm³/mol. The van der Waals surface area contributed by atoms with Crippen molar-refractivity contribution in [3.05, 3.63) is 65.4 Å². The fraction of sp³-hybridized carbons (Fsp3) is 0.333. The number of pyridine rings is 1. The molecule has 0 radical (unpaired) electrons. The zero-order chi connectivity index (χ0) is 19.0. The Hall–Kier alpha value is -2.89. The van der Waals surface area contributed by atoms with Crippen LogP contribution in [0.3, 0.4) is 0 Å². The number of carbonyl (C=O) groups excluding carboxylic acids is 1. The molecule has 0 bridgehead atoms. The average molecular weight is 366 g/mol. The third kappa shape index (κ3) is 3.27. The van der Waals surface area contributed by atoms with Crippen LogP contribution in [0.5, 0.6) is 0 Å². The molecule has 27 heavy (non-hydrogen) atoms. The third-order valence-corrected chi connectivity index (χ3v) is 5.30. The molecule has 0 saturated carbocycles. The van der Waals surface area contributed by atoms with Crippen LogP contribution in [-0.2, 0) is 6.42 Å². The number of aryl methyl sites for hydroxylation is 2. The molecule has 3 heterocycles. The van der Waals surface area contributed by atoms with E-state index in [2.05, 4.69) is 16.8 Å². The Kier molecular flexibility index (Phi) is 4.56. The minimum Gasteiger partial charge on any atom is -0.368 e. The van der Waals surface area contributed by atoms with Gasteiger partial charge in [0, 0.05) is 43.8 Å². The number of rotatable bonds is 3. The standard InChI is InChI=1S/C21H23FN4O/c1-3-19-15(2)26-14-16(4-9-20(26)23-19)21(27)25-12-10-24(11-13-25)18-7-5-17(22)6-8-18/h4-9,14H,3,10-13H2,1-2H3. The zero-order valence-corrected chi connectivity index (χ0v) is 15.7. The highest BCUT2D eigenvalue weighted by molar-refractivity contribution is 5.94. The molecule has 0 spiro atoms. The van der Waals surface area contributed by atoms with Gasteiger partial charge in [-0.1, -0.05) is 6.92 Å². The molecule has 3 aromatic rings. The number of halogens is 1. The number of fused-ring (bicyclic) bond motifs is 1. The number of hydrogen-bond donors (Lipinski definition) is 0. The first kappa shape index (κ1) is 17.5. The molecule has 5 nitrogen and oxygen atoms in total. The van der Waals surface area contributed by atoms with Crippen molar-refractivity contribution in [1.29, 1.82) is 0 Å². The predicted octanol–water partition coefficient (Wildman–Crippen LogP) is 3.31. The minimum atomic E-state index is -0.232. The first-order chi connectivity index (χ1) is 13.1. The van der Waals surface area contributed by atoms with Crippen molar-refractivity contribution in [2.75, 3.05) is 31.1 Å². The summed E-state index contributed by atoms with van der Waals surface area (Å²) in [6, 6.07) is 10.3. The molecule has 1 fully saturated rings. The van der Waals surface area contributed by atoms with Crippen LogP contribution in [0.25, 0.3) is 5.65 Å². The number of piperazine rings is 1.